The molecule has 0 aliphatic rings. The predicted octanol–water partition coefficient (Wildman–Crippen LogP) is 3.83. The third-order valence-electron chi connectivity index (χ3n) is 4.46. The summed E-state index contributed by atoms with van der Waals surface area (Å²) in [5.74, 6) is 3.16. The van der Waals surface area contributed by atoms with E-state index in [1.165, 1.54) is 17.1 Å². The lowest BCUT2D eigenvalue weighted by Crippen LogP contribution is -2.20. The van der Waals surface area contributed by atoms with Crippen molar-refractivity contribution in [3.63, 3.8) is 0 Å². The zero-order valence-electron chi connectivity index (χ0n) is 16.6. The Kier molecular flexibility index (Phi) is 6.71. The molecule has 28 heavy (non-hydrogen) atoms. The molecule has 7 heteroatoms. The van der Waals surface area contributed by atoms with Gasteiger partial charge < -0.3 is 19.1 Å². The Balaban J connectivity index is 1.60. The highest BCUT2D eigenvalue weighted by atomic mass is 32.1. The Bertz CT molecular complexity index is 913. The molecular weight excluding hydrogens is 374 g/mol. The van der Waals surface area contributed by atoms with Crippen LogP contribution in [0.1, 0.15) is 17.0 Å². The molecule has 0 atom stereocenters. The maximum atomic E-state index is 5.38. The van der Waals surface area contributed by atoms with Crippen molar-refractivity contribution in [3.05, 3.63) is 59.4 Å². The third kappa shape index (κ3) is 4.92. The number of hydrogen-bond acceptors (Lipinski definition) is 7. The van der Waals surface area contributed by atoms with E-state index in [4.69, 9.17) is 14.2 Å². The van der Waals surface area contributed by atoms with Gasteiger partial charge in [-0.2, -0.15) is 4.37 Å². The molecular formula is C21H25N3O3S. The molecule has 1 aromatic heterocycles. The molecule has 6 nitrogen and oxygen atoms in total. The van der Waals surface area contributed by atoms with Gasteiger partial charge in [-0.15, -0.1) is 0 Å². The standard InChI is InChI=1S/C21H25N3O3S/c1-24(11-10-15-8-9-18(26-3)19(13-15)27-4)21-22-20(23-28-21)14-16-6-5-7-17(12-16)25-2/h5-9,12-13H,10-11,14H2,1-4H3. The average Bonchev–Trinajstić information content (AvgIpc) is 3.20. The van der Waals surface area contributed by atoms with Crippen molar-refractivity contribution in [1.29, 1.82) is 0 Å². The van der Waals surface area contributed by atoms with Crippen molar-refractivity contribution < 1.29 is 14.2 Å². The van der Waals surface area contributed by atoms with E-state index in [1.54, 1.807) is 21.3 Å². The molecule has 148 valence electrons. The maximum absolute atomic E-state index is 5.38. The van der Waals surface area contributed by atoms with Crippen molar-refractivity contribution in [2.75, 3.05) is 39.8 Å². The van der Waals surface area contributed by atoms with Gasteiger partial charge in [-0.25, -0.2) is 4.98 Å². The molecule has 0 amide bonds. The van der Waals surface area contributed by atoms with Crippen LogP contribution in [0, 0.1) is 0 Å². The van der Waals surface area contributed by atoms with Crippen molar-refractivity contribution in [1.82, 2.24) is 9.36 Å². The average molecular weight is 400 g/mol. The molecule has 2 aromatic carbocycles. The zero-order chi connectivity index (χ0) is 19.9. The molecule has 0 bridgehead atoms. The van der Waals surface area contributed by atoms with Gasteiger partial charge in [-0.05, 0) is 41.8 Å². The highest BCUT2D eigenvalue weighted by molar-refractivity contribution is 7.09. The van der Waals surface area contributed by atoms with Crippen LogP contribution in [0.15, 0.2) is 42.5 Å². The van der Waals surface area contributed by atoms with Crippen LogP contribution in [0.2, 0.25) is 0 Å². The zero-order valence-corrected chi connectivity index (χ0v) is 17.5. The Labute approximate surface area is 169 Å². The fraction of sp³-hybridized carbons (Fsp3) is 0.333. The van der Waals surface area contributed by atoms with E-state index in [9.17, 15) is 0 Å². The first-order valence-corrected chi connectivity index (χ1v) is 9.78. The highest BCUT2D eigenvalue weighted by Crippen LogP contribution is 2.28. The first-order chi connectivity index (χ1) is 13.6. The molecule has 0 unspecified atom stereocenters. The van der Waals surface area contributed by atoms with Gasteiger partial charge in [0, 0.05) is 31.5 Å². The molecule has 0 aliphatic carbocycles. The monoisotopic (exact) mass is 399 g/mol. The van der Waals surface area contributed by atoms with Crippen molar-refractivity contribution in [3.8, 4) is 17.2 Å². The second-order valence-corrected chi connectivity index (χ2v) is 7.11. The molecule has 0 aliphatic heterocycles. The SMILES string of the molecule is COc1cccc(Cc2nsc(N(C)CCc3ccc(OC)c(OC)c3)n2)c1. The fourth-order valence-corrected chi connectivity index (χ4v) is 3.53. The largest absolute Gasteiger partial charge is 0.497 e. The van der Waals surface area contributed by atoms with Crippen LogP contribution in [0.5, 0.6) is 17.2 Å². The summed E-state index contributed by atoms with van der Waals surface area (Å²) in [7, 11) is 7.00. The van der Waals surface area contributed by atoms with E-state index >= 15 is 0 Å². The van der Waals surface area contributed by atoms with Crippen LogP contribution in [-0.2, 0) is 12.8 Å². The second-order valence-electron chi connectivity index (χ2n) is 6.38. The van der Waals surface area contributed by atoms with Crippen molar-refractivity contribution >= 4 is 16.7 Å². The van der Waals surface area contributed by atoms with E-state index in [1.807, 2.05) is 37.4 Å². The number of rotatable bonds is 9. The molecule has 0 radical (unpaired) electrons. The van der Waals surface area contributed by atoms with Crippen LogP contribution in [0.3, 0.4) is 0 Å². The van der Waals surface area contributed by atoms with Gasteiger partial charge in [0.2, 0.25) is 5.13 Å². The van der Waals surface area contributed by atoms with E-state index in [-0.39, 0.29) is 0 Å². The fourth-order valence-electron chi connectivity index (χ4n) is 2.87. The van der Waals surface area contributed by atoms with Gasteiger partial charge in [-0.1, -0.05) is 18.2 Å². The number of anilines is 1. The van der Waals surface area contributed by atoms with E-state index in [2.05, 4.69) is 26.4 Å². The Morgan fingerprint density at radius 3 is 2.50 bits per heavy atom. The van der Waals surface area contributed by atoms with Gasteiger partial charge in [-0.3, -0.25) is 0 Å². The minimum atomic E-state index is 0.692. The molecule has 1 heterocycles. The summed E-state index contributed by atoms with van der Waals surface area (Å²) in [6.45, 7) is 0.837. The van der Waals surface area contributed by atoms with Gasteiger partial charge in [0.15, 0.2) is 11.5 Å². The van der Waals surface area contributed by atoms with Crippen molar-refractivity contribution in [2.24, 2.45) is 0 Å². The number of likely N-dealkylation sites (N-methyl/N-ethyl adjacent to an activating group) is 1. The topological polar surface area (TPSA) is 56.7 Å². The summed E-state index contributed by atoms with van der Waals surface area (Å²) in [4.78, 5) is 6.81. The first-order valence-electron chi connectivity index (χ1n) is 9.00. The lowest BCUT2D eigenvalue weighted by molar-refractivity contribution is 0.354. The summed E-state index contributed by atoms with van der Waals surface area (Å²) in [5.41, 5.74) is 2.32. The lowest BCUT2D eigenvalue weighted by atomic mass is 10.1. The number of aromatic nitrogens is 2. The summed E-state index contributed by atoms with van der Waals surface area (Å²) in [6, 6.07) is 14.0. The van der Waals surface area contributed by atoms with E-state index in [0.29, 0.717) is 6.42 Å². The van der Waals surface area contributed by atoms with Crippen molar-refractivity contribution in [2.45, 2.75) is 12.8 Å². The summed E-state index contributed by atoms with van der Waals surface area (Å²) in [6.07, 6.45) is 1.57. The molecule has 0 saturated heterocycles. The quantitative estimate of drug-likeness (QED) is 0.545. The second kappa shape index (κ2) is 9.41. The Morgan fingerprint density at radius 1 is 0.929 bits per heavy atom. The minimum absolute atomic E-state index is 0.692. The summed E-state index contributed by atoms with van der Waals surface area (Å²) < 4.78 is 20.5. The van der Waals surface area contributed by atoms with E-state index in [0.717, 1.165) is 46.7 Å². The van der Waals surface area contributed by atoms with E-state index < -0.39 is 0 Å². The Hall–Kier alpha value is -2.80. The number of ether oxygens (including phenoxy) is 3. The smallest absolute Gasteiger partial charge is 0.204 e. The van der Waals surface area contributed by atoms with Crippen LogP contribution in [-0.4, -0.2) is 44.3 Å². The van der Waals surface area contributed by atoms with Crippen LogP contribution < -0.4 is 19.1 Å². The molecule has 0 saturated carbocycles. The normalized spacial score (nSPS) is 10.6. The predicted molar refractivity (Wildman–Crippen MR) is 112 cm³/mol. The van der Waals surface area contributed by atoms with Gasteiger partial charge in [0.05, 0.1) is 21.3 Å². The number of nitrogens with zero attached hydrogens (tertiary/aromatic N) is 3. The molecule has 3 rings (SSSR count). The van der Waals surface area contributed by atoms with Gasteiger partial charge >= 0.3 is 0 Å². The number of hydrogen-bond donors (Lipinski definition) is 0. The highest BCUT2D eigenvalue weighted by Gasteiger charge is 2.11. The van der Waals surface area contributed by atoms with Crippen LogP contribution >= 0.6 is 11.5 Å². The Morgan fingerprint density at radius 2 is 1.75 bits per heavy atom. The number of methoxy groups -OCH3 is 3. The summed E-state index contributed by atoms with van der Waals surface area (Å²) in [5, 5.41) is 0.915. The van der Waals surface area contributed by atoms with Gasteiger partial charge in [0.1, 0.15) is 11.6 Å². The third-order valence-corrected chi connectivity index (χ3v) is 5.33. The lowest BCUT2D eigenvalue weighted by Gasteiger charge is -2.15. The minimum Gasteiger partial charge on any atom is -0.497 e. The first kappa shape index (κ1) is 19.9. The molecule has 0 N–H and O–H groups in total. The molecule has 0 fully saturated rings. The van der Waals surface area contributed by atoms with Crippen LogP contribution in [0.4, 0.5) is 5.13 Å². The maximum Gasteiger partial charge on any atom is 0.204 e. The molecule has 0 spiro atoms. The van der Waals surface area contributed by atoms with Crippen LogP contribution in [0.25, 0.3) is 0 Å². The van der Waals surface area contributed by atoms with Gasteiger partial charge in [0.25, 0.3) is 0 Å². The molecule has 3 aromatic rings. The summed E-state index contributed by atoms with van der Waals surface area (Å²) >= 11 is 1.42. The number of benzene rings is 2.